The summed E-state index contributed by atoms with van der Waals surface area (Å²) in [5.74, 6) is 4.16. The lowest BCUT2D eigenvalue weighted by Gasteiger charge is -2.28. The minimum atomic E-state index is 0.563. The molecule has 140 valence electrons. The fourth-order valence-corrected chi connectivity index (χ4v) is 3.78. The minimum absolute atomic E-state index is 0.563. The zero-order chi connectivity index (χ0) is 18.8. The largest absolute Gasteiger partial charge is 0.493 e. The Morgan fingerprint density at radius 2 is 0.885 bits per heavy atom. The molecule has 0 heterocycles. The van der Waals surface area contributed by atoms with Crippen molar-refractivity contribution in [2.24, 2.45) is 11.8 Å². The molecule has 2 atom stereocenters. The van der Waals surface area contributed by atoms with E-state index in [1.807, 2.05) is 0 Å². The molecular formula is C22H28O4. The van der Waals surface area contributed by atoms with Crippen LogP contribution in [0.5, 0.6) is 23.0 Å². The summed E-state index contributed by atoms with van der Waals surface area (Å²) in [6.45, 7) is 4.63. The highest BCUT2D eigenvalue weighted by Crippen LogP contribution is 2.44. The Kier molecular flexibility index (Phi) is 5.30. The zero-order valence-electron chi connectivity index (χ0n) is 16.5. The second kappa shape index (κ2) is 7.48. The third-order valence-electron chi connectivity index (χ3n) is 5.56. The van der Waals surface area contributed by atoms with Gasteiger partial charge in [0.15, 0.2) is 23.0 Å². The average Bonchev–Trinajstić information content (AvgIpc) is 2.66. The van der Waals surface area contributed by atoms with Crippen molar-refractivity contribution < 1.29 is 18.9 Å². The number of fused-ring (bicyclic) bond motifs is 3. The summed E-state index contributed by atoms with van der Waals surface area (Å²) in [5, 5.41) is 0. The van der Waals surface area contributed by atoms with Crippen LogP contribution < -0.4 is 18.9 Å². The highest BCUT2D eigenvalue weighted by molar-refractivity contribution is 5.77. The Labute approximate surface area is 156 Å². The molecular weight excluding hydrogens is 328 g/mol. The van der Waals surface area contributed by atoms with Gasteiger partial charge in [-0.3, -0.25) is 0 Å². The number of hydrogen-bond acceptors (Lipinski definition) is 4. The molecule has 0 amide bonds. The zero-order valence-corrected chi connectivity index (χ0v) is 16.5. The first-order valence-electron chi connectivity index (χ1n) is 9.02. The molecule has 1 aliphatic rings. The van der Waals surface area contributed by atoms with E-state index in [-0.39, 0.29) is 0 Å². The molecule has 0 N–H and O–H groups in total. The molecule has 0 bridgehead atoms. The Morgan fingerprint density at radius 1 is 0.577 bits per heavy atom. The average molecular weight is 356 g/mol. The van der Waals surface area contributed by atoms with Crippen LogP contribution in [0.2, 0.25) is 0 Å². The molecule has 0 fully saturated rings. The van der Waals surface area contributed by atoms with E-state index in [0.717, 1.165) is 35.8 Å². The third kappa shape index (κ3) is 3.20. The van der Waals surface area contributed by atoms with Crippen LogP contribution in [0.25, 0.3) is 11.1 Å². The van der Waals surface area contributed by atoms with Gasteiger partial charge in [-0.1, -0.05) is 13.8 Å². The Balaban J connectivity index is 2.29. The first kappa shape index (κ1) is 18.4. The van der Waals surface area contributed by atoms with Crippen molar-refractivity contribution in [1.82, 2.24) is 0 Å². The summed E-state index contributed by atoms with van der Waals surface area (Å²) in [6, 6.07) is 8.40. The number of methoxy groups -OCH3 is 4. The van der Waals surface area contributed by atoms with E-state index in [1.165, 1.54) is 22.3 Å². The van der Waals surface area contributed by atoms with Crippen LogP contribution in [0.3, 0.4) is 0 Å². The van der Waals surface area contributed by atoms with E-state index in [2.05, 4.69) is 38.1 Å². The molecule has 4 heteroatoms. The predicted octanol–water partition coefficient (Wildman–Crippen LogP) is 4.76. The van der Waals surface area contributed by atoms with Crippen molar-refractivity contribution in [3.8, 4) is 34.1 Å². The molecule has 0 aliphatic heterocycles. The van der Waals surface area contributed by atoms with Gasteiger partial charge in [0.25, 0.3) is 0 Å². The first-order valence-corrected chi connectivity index (χ1v) is 9.02. The van der Waals surface area contributed by atoms with Crippen LogP contribution in [0.15, 0.2) is 24.3 Å². The Morgan fingerprint density at radius 3 is 1.19 bits per heavy atom. The smallest absolute Gasteiger partial charge is 0.161 e. The van der Waals surface area contributed by atoms with Crippen molar-refractivity contribution in [3.63, 3.8) is 0 Å². The van der Waals surface area contributed by atoms with Gasteiger partial charge in [-0.2, -0.15) is 0 Å². The standard InChI is InChI=1S/C22H28O4/c1-13-7-15-9-19(23-3)21(25-5)11-17(15)18-12-22(26-6)20(24-4)10-16(18)8-14(13)2/h9-14H,7-8H2,1-6H3/t13-,14-/m1/s1. The molecule has 0 saturated carbocycles. The van der Waals surface area contributed by atoms with Gasteiger partial charge in [-0.05, 0) is 71.2 Å². The van der Waals surface area contributed by atoms with Gasteiger partial charge in [0, 0.05) is 0 Å². The number of ether oxygens (including phenoxy) is 4. The molecule has 4 nitrogen and oxygen atoms in total. The first-order chi connectivity index (χ1) is 12.5. The lowest BCUT2D eigenvalue weighted by atomic mass is 9.78. The molecule has 2 aromatic rings. The fourth-order valence-electron chi connectivity index (χ4n) is 3.78. The maximum Gasteiger partial charge on any atom is 0.161 e. The van der Waals surface area contributed by atoms with Gasteiger partial charge in [-0.25, -0.2) is 0 Å². The third-order valence-corrected chi connectivity index (χ3v) is 5.56. The summed E-state index contributed by atoms with van der Waals surface area (Å²) in [6.07, 6.45) is 2.01. The van der Waals surface area contributed by atoms with E-state index in [0.29, 0.717) is 11.8 Å². The Hall–Kier alpha value is -2.36. The van der Waals surface area contributed by atoms with Crippen LogP contribution in [0.4, 0.5) is 0 Å². The summed E-state index contributed by atoms with van der Waals surface area (Å²) in [5.41, 5.74) is 4.90. The Bertz CT molecular complexity index is 730. The normalized spacial score (nSPS) is 18.8. The molecule has 0 aromatic heterocycles. The second-order valence-corrected chi connectivity index (χ2v) is 7.09. The van der Waals surface area contributed by atoms with Crippen molar-refractivity contribution in [1.29, 1.82) is 0 Å². The minimum Gasteiger partial charge on any atom is -0.493 e. The SMILES string of the molecule is COc1cc2c(cc1OC)-c1cc(OC)c(OC)cc1C[C@@H](C)[C@H](C)C2. The molecule has 3 rings (SSSR count). The van der Waals surface area contributed by atoms with Crippen LogP contribution in [-0.4, -0.2) is 28.4 Å². The van der Waals surface area contributed by atoms with Gasteiger partial charge in [0.05, 0.1) is 28.4 Å². The summed E-state index contributed by atoms with van der Waals surface area (Å²) in [7, 11) is 6.71. The number of rotatable bonds is 4. The van der Waals surface area contributed by atoms with Gasteiger partial charge < -0.3 is 18.9 Å². The maximum absolute atomic E-state index is 5.56. The van der Waals surface area contributed by atoms with E-state index in [9.17, 15) is 0 Å². The van der Waals surface area contributed by atoms with E-state index in [1.54, 1.807) is 28.4 Å². The topological polar surface area (TPSA) is 36.9 Å². The van der Waals surface area contributed by atoms with Crippen LogP contribution >= 0.6 is 0 Å². The summed E-state index contributed by atoms with van der Waals surface area (Å²) < 4.78 is 22.2. The maximum atomic E-state index is 5.56. The van der Waals surface area contributed by atoms with Crippen LogP contribution in [-0.2, 0) is 12.8 Å². The van der Waals surface area contributed by atoms with Crippen molar-refractivity contribution in [2.75, 3.05) is 28.4 Å². The molecule has 1 aliphatic carbocycles. The van der Waals surface area contributed by atoms with Gasteiger partial charge in [-0.15, -0.1) is 0 Å². The summed E-state index contributed by atoms with van der Waals surface area (Å²) in [4.78, 5) is 0. The lowest BCUT2D eigenvalue weighted by Crippen LogP contribution is -2.17. The molecule has 2 aromatic carbocycles. The lowest BCUT2D eigenvalue weighted by molar-refractivity contribution is 0.349. The monoisotopic (exact) mass is 356 g/mol. The van der Waals surface area contributed by atoms with Gasteiger partial charge in [0.2, 0.25) is 0 Å². The molecule has 0 radical (unpaired) electrons. The van der Waals surface area contributed by atoms with E-state index < -0.39 is 0 Å². The van der Waals surface area contributed by atoms with Crippen LogP contribution in [0.1, 0.15) is 25.0 Å². The highest BCUT2D eigenvalue weighted by atomic mass is 16.5. The van der Waals surface area contributed by atoms with Crippen LogP contribution in [0, 0.1) is 11.8 Å². The van der Waals surface area contributed by atoms with E-state index >= 15 is 0 Å². The number of hydrogen-bond donors (Lipinski definition) is 0. The molecule has 0 saturated heterocycles. The quantitative estimate of drug-likeness (QED) is 0.791. The second-order valence-electron chi connectivity index (χ2n) is 7.09. The fraction of sp³-hybridized carbons (Fsp3) is 0.455. The number of benzene rings is 2. The predicted molar refractivity (Wildman–Crippen MR) is 104 cm³/mol. The highest BCUT2D eigenvalue weighted by Gasteiger charge is 2.25. The molecule has 26 heavy (non-hydrogen) atoms. The van der Waals surface area contributed by atoms with Gasteiger partial charge >= 0.3 is 0 Å². The van der Waals surface area contributed by atoms with E-state index in [4.69, 9.17) is 18.9 Å². The van der Waals surface area contributed by atoms with Gasteiger partial charge in [0.1, 0.15) is 0 Å². The van der Waals surface area contributed by atoms with Crippen molar-refractivity contribution >= 4 is 0 Å². The molecule has 0 spiro atoms. The summed E-state index contributed by atoms with van der Waals surface area (Å²) >= 11 is 0. The molecule has 0 unspecified atom stereocenters. The van der Waals surface area contributed by atoms with Crippen molar-refractivity contribution in [3.05, 3.63) is 35.4 Å². The van der Waals surface area contributed by atoms with Crippen molar-refractivity contribution in [2.45, 2.75) is 26.7 Å².